The van der Waals surface area contributed by atoms with Crippen LogP contribution in [0.15, 0.2) is 40.0 Å². The maximum atomic E-state index is 12.1. The second-order valence-electron chi connectivity index (χ2n) is 4.44. The molecule has 0 amide bonds. The molecular formula is C12H12N2O3S. The Morgan fingerprint density at radius 1 is 1.39 bits per heavy atom. The Kier molecular flexibility index (Phi) is 2.66. The summed E-state index contributed by atoms with van der Waals surface area (Å²) >= 11 is 0. The maximum absolute atomic E-state index is 12.1. The fourth-order valence-electron chi connectivity index (χ4n) is 1.77. The molecule has 0 radical (unpaired) electrons. The van der Waals surface area contributed by atoms with E-state index < -0.39 is 9.84 Å². The van der Waals surface area contributed by atoms with Gasteiger partial charge in [0.05, 0.1) is 10.6 Å². The lowest BCUT2D eigenvalue weighted by Gasteiger charge is -2.00. The molecule has 1 saturated carbocycles. The number of nitrogens with zero attached hydrogens (tertiary/aromatic N) is 2. The van der Waals surface area contributed by atoms with Crippen LogP contribution in [0.5, 0.6) is 0 Å². The summed E-state index contributed by atoms with van der Waals surface area (Å²) in [6.45, 7) is 0. The van der Waals surface area contributed by atoms with E-state index in [0.29, 0.717) is 11.7 Å². The van der Waals surface area contributed by atoms with Gasteiger partial charge in [0.15, 0.2) is 15.6 Å². The van der Waals surface area contributed by atoms with E-state index in [-0.39, 0.29) is 10.6 Å². The summed E-state index contributed by atoms with van der Waals surface area (Å²) in [5.41, 5.74) is 0.867. The van der Waals surface area contributed by atoms with Gasteiger partial charge in [-0.3, -0.25) is 4.98 Å². The van der Waals surface area contributed by atoms with Gasteiger partial charge in [-0.2, -0.15) is 0 Å². The minimum absolute atomic E-state index is 0.168. The van der Waals surface area contributed by atoms with E-state index in [2.05, 4.69) is 10.1 Å². The lowest BCUT2D eigenvalue weighted by Crippen LogP contribution is -2.04. The first kappa shape index (κ1) is 11.4. The smallest absolute Gasteiger partial charge is 0.187 e. The number of aromatic nitrogens is 2. The molecule has 0 aromatic carbocycles. The predicted molar refractivity (Wildman–Crippen MR) is 63.6 cm³/mol. The summed E-state index contributed by atoms with van der Waals surface area (Å²) in [5.74, 6) is 0.683. The summed E-state index contributed by atoms with van der Waals surface area (Å²) < 4.78 is 29.2. The van der Waals surface area contributed by atoms with Gasteiger partial charge >= 0.3 is 0 Å². The molecule has 2 heterocycles. The van der Waals surface area contributed by atoms with E-state index in [1.807, 2.05) is 0 Å². The van der Waals surface area contributed by atoms with Gasteiger partial charge < -0.3 is 4.52 Å². The summed E-state index contributed by atoms with van der Waals surface area (Å²) in [6.07, 6.45) is 5.11. The van der Waals surface area contributed by atoms with Crippen LogP contribution in [0.25, 0.3) is 0 Å². The molecule has 3 rings (SSSR count). The predicted octanol–water partition coefficient (Wildman–Crippen LogP) is 1.92. The molecule has 0 N–H and O–H groups in total. The Hall–Kier alpha value is -1.69. The van der Waals surface area contributed by atoms with Crippen LogP contribution < -0.4 is 0 Å². The van der Waals surface area contributed by atoms with Gasteiger partial charge in [-0.25, -0.2) is 8.42 Å². The quantitative estimate of drug-likeness (QED) is 0.843. The number of rotatable bonds is 4. The molecule has 2 aromatic rings. The number of sulfone groups is 1. The largest absolute Gasteiger partial charge is 0.360 e. The highest BCUT2D eigenvalue weighted by Crippen LogP contribution is 2.39. The van der Waals surface area contributed by atoms with Crippen LogP contribution in [0.1, 0.15) is 30.2 Å². The third-order valence-corrected chi connectivity index (χ3v) is 4.52. The maximum Gasteiger partial charge on any atom is 0.187 e. The fraction of sp³-hybridized carbons (Fsp3) is 0.333. The third kappa shape index (κ3) is 2.28. The van der Waals surface area contributed by atoms with Crippen molar-refractivity contribution in [1.82, 2.24) is 10.1 Å². The number of pyridine rings is 1. The minimum Gasteiger partial charge on any atom is -0.360 e. The summed E-state index contributed by atoms with van der Waals surface area (Å²) in [5, 5.41) is 3.90. The van der Waals surface area contributed by atoms with E-state index in [4.69, 9.17) is 4.52 Å². The monoisotopic (exact) mass is 264 g/mol. The Morgan fingerprint density at radius 2 is 2.22 bits per heavy atom. The topological polar surface area (TPSA) is 73.1 Å². The zero-order chi connectivity index (χ0) is 12.6. The van der Waals surface area contributed by atoms with Crippen molar-refractivity contribution in [2.45, 2.75) is 29.4 Å². The highest BCUT2D eigenvalue weighted by atomic mass is 32.2. The van der Waals surface area contributed by atoms with Gasteiger partial charge in [0, 0.05) is 24.4 Å². The first-order chi connectivity index (χ1) is 8.65. The van der Waals surface area contributed by atoms with Crippen LogP contribution in [0.2, 0.25) is 0 Å². The molecule has 5 nitrogen and oxygen atoms in total. The Morgan fingerprint density at radius 3 is 2.89 bits per heavy atom. The van der Waals surface area contributed by atoms with E-state index in [1.54, 1.807) is 18.3 Å². The van der Waals surface area contributed by atoms with Crippen LogP contribution in [0, 0.1) is 0 Å². The molecule has 18 heavy (non-hydrogen) atoms. The average molecular weight is 264 g/mol. The summed E-state index contributed by atoms with van der Waals surface area (Å²) in [6, 6.07) is 4.87. The van der Waals surface area contributed by atoms with Crippen LogP contribution in [0.3, 0.4) is 0 Å². The second-order valence-corrected chi connectivity index (χ2v) is 6.43. The van der Waals surface area contributed by atoms with Gasteiger partial charge in [-0.15, -0.1) is 0 Å². The van der Waals surface area contributed by atoms with Gasteiger partial charge in [0.25, 0.3) is 0 Å². The molecule has 0 aliphatic heterocycles. The highest BCUT2D eigenvalue weighted by molar-refractivity contribution is 7.90. The van der Waals surface area contributed by atoms with Gasteiger partial charge in [-0.05, 0) is 25.0 Å². The molecule has 6 heteroatoms. The molecule has 0 unspecified atom stereocenters. The molecular weight excluding hydrogens is 252 g/mol. The Bertz CT molecular complexity index is 645. The normalized spacial score (nSPS) is 15.8. The lowest BCUT2D eigenvalue weighted by atomic mass is 10.3. The van der Waals surface area contributed by atoms with E-state index in [0.717, 1.165) is 18.5 Å². The van der Waals surface area contributed by atoms with Crippen molar-refractivity contribution in [3.05, 3.63) is 42.0 Å². The fourth-order valence-corrected chi connectivity index (χ4v) is 2.95. The number of hydrogen-bond donors (Lipinski definition) is 0. The van der Waals surface area contributed by atoms with Crippen LogP contribution in [-0.2, 0) is 15.6 Å². The molecule has 1 fully saturated rings. The van der Waals surface area contributed by atoms with Crippen molar-refractivity contribution in [1.29, 1.82) is 0 Å². The third-order valence-electron chi connectivity index (χ3n) is 2.90. The van der Waals surface area contributed by atoms with Gasteiger partial charge in [0.1, 0.15) is 5.75 Å². The van der Waals surface area contributed by atoms with Crippen LogP contribution in [-0.4, -0.2) is 18.6 Å². The lowest BCUT2D eigenvalue weighted by molar-refractivity contribution is 0.386. The molecule has 0 atom stereocenters. The molecule has 2 aromatic heterocycles. The minimum atomic E-state index is -3.40. The molecule has 0 saturated heterocycles. The zero-order valence-corrected chi connectivity index (χ0v) is 10.4. The van der Waals surface area contributed by atoms with Crippen molar-refractivity contribution < 1.29 is 12.9 Å². The zero-order valence-electron chi connectivity index (χ0n) is 9.61. The molecule has 0 bridgehead atoms. The standard InChI is InChI=1S/C12H12N2O3S/c15-18(16,11-2-1-5-13-7-11)8-10-6-12(14-17-10)9-3-4-9/h1-2,5-7,9H,3-4,8H2. The number of hydrogen-bond acceptors (Lipinski definition) is 5. The van der Waals surface area contributed by atoms with Crippen molar-refractivity contribution in [2.24, 2.45) is 0 Å². The molecule has 1 aliphatic rings. The summed E-state index contributed by atoms with van der Waals surface area (Å²) in [7, 11) is -3.40. The first-order valence-electron chi connectivity index (χ1n) is 5.73. The van der Waals surface area contributed by atoms with E-state index in [9.17, 15) is 8.42 Å². The Labute approximate surface area is 105 Å². The van der Waals surface area contributed by atoms with Crippen molar-refractivity contribution >= 4 is 9.84 Å². The average Bonchev–Trinajstić information content (AvgIpc) is 3.12. The summed E-state index contributed by atoms with van der Waals surface area (Å²) in [4.78, 5) is 4.01. The highest BCUT2D eigenvalue weighted by Gasteiger charge is 2.28. The van der Waals surface area contributed by atoms with Gasteiger partial charge in [0.2, 0.25) is 0 Å². The SMILES string of the molecule is O=S(=O)(Cc1cc(C2CC2)no1)c1cccnc1. The molecule has 0 spiro atoms. The Balaban J connectivity index is 1.82. The van der Waals surface area contributed by atoms with Crippen molar-refractivity contribution in [3.63, 3.8) is 0 Å². The molecule has 94 valence electrons. The van der Waals surface area contributed by atoms with Crippen molar-refractivity contribution in [2.75, 3.05) is 0 Å². The van der Waals surface area contributed by atoms with Gasteiger partial charge in [-0.1, -0.05) is 5.16 Å². The van der Waals surface area contributed by atoms with Crippen LogP contribution in [0.4, 0.5) is 0 Å². The molecule has 1 aliphatic carbocycles. The van der Waals surface area contributed by atoms with Crippen molar-refractivity contribution in [3.8, 4) is 0 Å². The van der Waals surface area contributed by atoms with E-state index in [1.165, 1.54) is 12.3 Å². The second kappa shape index (κ2) is 4.20. The van der Waals surface area contributed by atoms with Crippen LogP contribution >= 0.6 is 0 Å². The first-order valence-corrected chi connectivity index (χ1v) is 7.39. The van der Waals surface area contributed by atoms with E-state index >= 15 is 0 Å².